The SMILES string of the molecule is Cc1ccc([C@@H](NC(=O)CCc2nnc(-c3ccsc3)o2)c2ccccc2)cc1. The van der Waals surface area contributed by atoms with Crippen LogP contribution in [0.25, 0.3) is 11.5 Å². The van der Waals surface area contributed by atoms with Crippen molar-refractivity contribution in [3.63, 3.8) is 0 Å². The Hall–Kier alpha value is -3.25. The van der Waals surface area contributed by atoms with Crippen molar-refractivity contribution in [1.82, 2.24) is 15.5 Å². The summed E-state index contributed by atoms with van der Waals surface area (Å²) in [7, 11) is 0. The van der Waals surface area contributed by atoms with Crippen LogP contribution in [0.4, 0.5) is 0 Å². The number of nitrogens with one attached hydrogen (secondary N) is 1. The number of benzene rings is 2. The van der Waals surface area contributed by atoms with E-state index in [1.807, 2.05) is 47.2 Å². The van der Waals surface area contributed by atoms with Crippen LogP contribution in [0, 0.1) is 6.92 Å². The van der Waals surface area contributed by atoms with Gasteiger partial charge in [-0.05, 0) is 29.5 Å². The highest BCUT2D eigenvalue weighted by molar-refractivity contribution is 7.08. The summed E-state index contributed by atoms with van der Waals surface area (Å²) in [6, 6.07) is 19.9. The van der Waals surface area contributed by atoms with Crippen molar-refractivity contribution >= 4 is 17.2 Å². The van der Waals surface area contributed by atoms with Crippen LogP contribution in [0.15, 0.2) is 75.8 Å². The summed E-state index contributed by atoms with van der Waals surface area (Å²) in [6.07, 6.45) is 0.679. The standard InChI is InChI=1S/C23H21N3O2S/c1-16-7-9-18(10-8-16)22(17-5-3-2-4-6-17)24-20(27)11-12-21-25-26-23(28-21)19-13-14-29-15-19/h2-10,13-15,22H,11-12H2,1H3,(H,24,27)/t22-/m0/s1. The second kappa shape index (κ2) is 8.84. The first-order chi connectivity index (χ1) is 14.2. The smallest absolute Gasteiger partial charge is 0.248 e. The van der Waals surface area contributed by atoms with Crippen molar-refractivity contribution < 1.29 is 9.21 Å². The molecule has 0 bridgehead atoms. The van der Waals surface area contributed by atoms with Gasteiger partial charge in [0.25, 0.3) is 0 Å². The molecule has 29 heavy (non-hydrogen) atoms. The number of carbonyl (C=O) groups excluding carboxylic acids is 1. The largest absolute Gasteiger partial charge is 0.421 e. The number of nitrogens with zero attached hydrogens (tertiary/aromatic N) is 2. The normalized spacial score (nSPS) is 11.9. The van der Waals surface area contributed by atoms with Gasteiger partial charge in [0.2, 0.25) is 17.7 Å². The number of hydrogen-bond acceptors (Lipinski definition) is 5. The van der Waals surface area contributed by atoms with Gasteiger partial charge >= 0.3 is 0 Å². The average Bonchev–Trinajstić information content (AvgIpc) is 3.44. The second-order valence-electron chi connectivity index (χ2n) is 6.83. The number of aromatic nitrogens is 2. The Morgan fingerprint density at radius 2 is 1.79 bits per heavy atom. The molecule has 0 aliphatic rings. The molecular formula is C23H21N3O2S. The van der Waals surface area contributed by atoms with Crippen LogP contribution in [-0.4, -0.2) is 16.1 Å². The number of aryl methyl sites for hydroxylation is 2. The van der Waals surface area contributed by atoms with Gasteiger partial charge in [-0.2, -0.15) is 11.3 Å². The van der Waals surface area contributed by atoms with Crippen LogP contribution < -0.4 is 5.32 Å². The topological polar surface area (TPSA) is 68.0 Å². The molecule has 0 saturated carbocycles. The summed E-state index contributed by atoms with van der Waals surface area (Å²) >= 11 is 1.57. The van der Waals surface area contributed by atoms with E-state index in [2.05, 4.69) is 46.7 Å². The maximum Gasteiger partial charge on any atom is 0.248 e. The van der Waals surface area contributed by atoms with Gasteiger partial charge in [0, 0.05) is 23.8 Å². The molecule has 2 aromatic carbocycles. The predicted octanol–water partition coefficient (Wildman–Crippen LogP) is 4.94. The maximum atomic E-state index is 12.7. The minimum Gasteiger partial charge on any atom is -0.421 e. The molecule has 4 aromatic rings. The molecule has 0 radical (unpaired) electrons. The summed E-state index contributed by atoms with van der Waals surface area (Å²) in [5.74, 6) is 0.895. The molecule has 0 spiro atoms. The third-order valence-electron chi connectivity index (χ3n) is 4.65. The van der Waals surface area contributed by atoms with Crippen molar-refractivity contribution in [2.45, 2.75) is 25.8 Å². The predicted molar refractivity (Wildman–Crippen MR) is 114 cm³/mol. The number of amides is 1. The lowest BCUT2D eigenvalue weighted by Gasteiger charge is -2.20. The second-order valence-corrected chi connectivity index (χ2v) is 7.61. The van der Waals surface area contributed by atoms with E-state index in [0.717, 1.165) is 16.7 Å². The summed E-state index contributed by atoms with van der Waals surface area (Å²) in [5.41, 5.74) is 4.18. The van der Waals surface area contributed by atoms with Gasteiger partial charge in [0.15, 0.2) is 0 Å². The highest BCUT2D eigenvalue weighted by Gasteiger charge is 2.18. The minimum atomic E-state index is -0.201. The van der Waals surface area contributed by atoms with Crippen LogP contribution in [0.5, 0.6) is 0 Å². The van der Waals surface area contributed by atoms with Gasteiger partial charge in [-0.3, -0.25) is 4.79 Å². The average molecular weight is 404 g/mol. The van der Waals surface area contributed by atoms with E-state index < -0.39 is 0 Å². The van der Waals surface area contributed by atoms with E-state index in [4.69, 9.17) is 4.42 Å². The number of carbonyl (C=O) groups is 1. The van der Waals surface area contributed by atoms with Crippen LogP contribution in [0.1, 0.15) is 35.0 Å². The van der Waals surface area contributed by atoms with E-state index in [1.165, 1.54) is 5.56 Å². The molecule has 2 aromatic heterocycles. The molecule has 4 rings (SSSR count). The van der Waals surface area contributed by atoms with Crippen LogP contribution in [-0.2, 0) is 11.2 Å². The molecule has 5 nitrogen and oxygen atoms in total. The summed E-state index contributed by atoms with van der Waals surface area (Å²) in [6.45, 7) is 2.05. The van der Waals surface area contributed by atoms with Gasteiger partial charge in [-0.25, -0.2) is 0 Å². The van der Waals surface area contributed by atoms with Crippen molar-refractivity contribution in [3.05, 3.63) is 94.0 Å². The molecule has 1 amide bonds. The number of thiophene rings is 1. The fraction of sp³-hybridized carbons (Fsp3) is 0.174. The Labute approximate surface area is 173 Å². The molecule has 0 aliphatic heterocycles. The number of hydrogen-bond donors (Lipinski definition) is 1. The first kappa shape index (κ1) is 19.1. The van der Waals surface area contributed by atoms with E-state index in [1.54, 1.807) is 11.3 Å². The Bertz CT molecular complexity index is 1060. The van der Waals surface area contributed by atoms with E-state index in [9.17, 15) is 4.79 Å². The Morgan fingerprint density at radius 3 is 2.52 bits per heavy atom. The molecular weight excluding hydrogens is 382 g/mol. The molecule has 1 N–H and O–H groups in total. The fourth-order valence-corrected chi connectivity index (χ4v) is 3.70. The summed E-state index contributed by atoms with van der Waals surface area (Å²) in [4.78, 5) is 12.7. The van der Waals surface area contributed by atoms with Gasteiger partial charge in [0.1, 0.15) is 0 Å². The molecule has 1 atom stereocenters. The lowest BCUT2D eigenvalue weighted by atomic mass is 9.97. The molecule has 2 heterocycles. The Morgan fingerprint density at radius 1 is 1.03 bits per heavy atom. The third kappa shape index (κ3) is 4.78. The van der Waals surface area contributed by atoms with E-state index in [0.29, 0.717) is 18.2 Å². The molecule has 0 unspecified atom stereocenters. The van der Waals surface area contributed by atoms with Crippen LogP contribution in [0.3, 0.4) is 0 Å². The molecule has 6 heteroatoms. The first-order valence-corrected chi connectivity index (χ1v) is 10.4. The van der Waals surface area contributed by atoms with Crippen molar-refractivity contribution in [3.8, 4) is 11.5 Å². The van der Waals surface area contributed by atoms with Crippen molar-refractivity contribution in [2.75, 3.05) is 0 Å². The van der Waals surface area contributed by atoms with Crippen LogP contribution in [0.2, 0.25) is 0 Å². The monoisotopic (exact) mass is 403 g/mol. The zero-order chi connectivity index (χ0) is 20.1. The molecule has 0 fully saturated rings. The van der Waals surface area contributed by atoms with Gasteiger partial charge < -0.3 is 9.73 Å². The molecule has 0 aliphatic carbocycles. The zero-order valence-electron chi connectivity index (χ0n) is 16.0. The fourth-order valence-electron chi connectivity index (χ4n) is 3.07. The summed E-state index contributed by atoms with van der Waals surface area (Å²) in [5, 5.41) is 15.2. The molecule has 0 saturated heterocycles. The summed E-state index contributed by atoms with van der Waals surface area (Å²) < 4.78 is 5.67. The van der Waals surface area contributed by atoms with E-state index >= 15 is 0 Å². The Balaban J connectivity index is 1.43. The molecule has 146 valence electrons. The van der Waals surface area contributed by atoms with Gasteiger partial charge in [-0.15, -0.1) is 10.2 Å². The van der Waals surface area contributed by atoms with Gasteiger partial charge in [-0.1, -0.05) is 60.2 Å². The van der Waals surface area contributed by atoms with Crippen molar-refractivity contribution in [2.24, 2.45) is 0 Å². The number of rotatable bonds is 7. The zero-order valence-corrected chi connectivity index (χ0v) is 16.9. The Kier molecular flexibility index (Phi) is 5.81. The highest BCUT2D eigenvalue weighted by Crippen LogP contribution is 2.23. The van der Waals surface area contributed by atoms with E-state index in [-0.39, 0.29) is 18.4 Å². The lowest BCUT2D eigenvalue weighted by molar-refractivity contribution is -0.121. The van der Waals surface area contributed by atoms with Crippen molar-refractivity contribution in [1.29, 1.82) is 0 Å². The highest BCUT2D eigenvalue weighted by atomic mass is 32.1. The quantitative estimate of drug-likeness (QED) is 0.474. The first-order valence-electron chi connectivity index (χ1n) is 9.45. The minimum absolute atomic E-state index is 0.0605. The maximum absolute atomic E-state index is 12.7. The lowest BCUT2D eigenvalue weighted by Crippen LogP contribution is -2.29. The van der Waals surface area contributed by atoms with Crippen LogP contribution >= 0.6 is 11.3 Å². The third-order valence-corrected chi connectivity index (χ3v) is 5.33. The van der Waals surface area contributed by atoms with Gasteiger partial charge in [0.05, 0.1) is 6.04 Å².